The molecule has 0 bridgehead atoms. The van der Waals surface area contributed by atoms with Gasteiger partial charge < -0.3 is 19.8 Å². The Balaban J connectivity index is 1.75. The fourth-order valence-electron chi connectivity index (χ4n) is 4.75. The zero-order valence-electron chi connectivity index (χ0n) is 19.8. The summed E-state index contributed by atoms with van der Waals surface area (Å²) in [6.07, 6.45) is 1.28. The maximum Gasteiger partial charge on any atom is 0.475 e. The summed E-state index contributed by atoms with van der Waals surface area (Å²) in [5.41, 5.74) is 1.84. The number of Topliss-reactive ketones (excluding diaryl/α,β-unsaturated/α-hetero) is 1. The average molecular weight is 450 g/mol. The number of ketones is 1. The van der Waals surface area contributed by atoms with Crippen molar-refractivity contribution in [1.82, 2.24) is 4.90 Å². The Morgan fingerprint density at radius 1 is 1.06 bits per heavy atom. The molecule has 2 aromatic rings. The SMILES string of the molecule is CC(C)C[C@@H](B(O)O)N1CC(C)C[C@H](CC(=O)CN(c2ccccc2)c2ccccc2)C1=O. The van der Waals surface area contributed by atoms with Gasteiger partial charge in [-0.05, 0) is 48.9 Å². The lowest BCUT2D eigenvalue weighted by Gasteiger charge is -2.41. The third-order valence-corrected chi connectivity index (χ3v) is 6.23. The van der Waals surface area contributed by atoms with Crippen LogP contribution in [0.5, 0.6) is 0 Å². The number of nitrogens with zero attached hydrogens (tertiary/aromatic N) is 2. The first-order valence-corrected chi connectivity index (χ1v) is 11.8. The lowest BCUT2D eigenvalue weighted by molar-refractivity contribution is -0.144. The monoisotopic (exact) mass is 450 g/mol. The summed E-state index contributed by atoms with van der Waals surface area (Å²) in [5, 5.41) is 19.9. The van der Waals surface area contributed by atoms with Gasteiger partial charge in [0.05, 0.1) is 12.5 Å². The molecule has 1 saturated heterocycles. The minimum absolute atomic E-state index is 0.0138. The number of amides is 1. The normalized spacial score (nSPS) is 19.5. The molecule has 0 spiro atoms. The Bertz CT molecular complexity index is 868. The Morgan fingerprint density at radius 3 is 2.09 bits per heavy atom. The number of piperidine rings is 1. The number of carbonyl (C=O) groups excluding carboxylic acids is 2. The standard InChI is InChI=1S/C26H35BN2O4/c1-19(2)14-25(27(32)33)29-17-20(3)15-21(26(29)31)16-24(30)18-28(22-10-6-4-7-11-22)23-12-8-5-9-13-23/h4-13,19-21,25,32-33H,14-18H2,1-3H3/t20?,21-,25+/m1/s1. The minimum Gasteiger partial charge on any atom is -0.426 e. The molecule has 1 aliphatic rings. The van der Waals surface area contributed by atoms with E-state index in [0.29, 0.717) is 19.4 Å². The van der Waals surface area contributed by atoms with Crippen LogP contribution in [0.4, 0.5) is 11.4 Å². The van der Waals surface area contributed by atoms with Gasteiger partial charge >= 0.3 is 7.12 Å². The molecule has 0 aliphatic carbocycles. The molecule has 6 nitrogen and oxygen atoms in total. The van der Waals surface area contributed by atoms with Crippen LogP contribution in [0.2, 0.25) is 0 Å². The maximum absolute atomic E-state index is 13.3. The van der Waals surface area contributed by atoms with Gasteiger partial charge in [-0.15, -0.1) is 0 Å². The molecule has 7 heteroatoms. The van der Waals surface area contributed by atoms with Crippen molar-refractivity contribution in [1.29, 1.82) is 0 Å². The van der Waals surface area contributed by atoms with Crippen LogP contribution in [0.1, 0.15) is 40.0 Å². The van der Waals surface area contributed by atoms with Crippen LogP contribution in [0, 0.1) is 17.8 Å². The number of hydrogen-bond acceptors (Lipinski definition) is 5. The molecule has 176 valence electrons. The molecule has 0 aromatic heterocycles. The summed E-state index contributed by atoms with van der Waals surface area (Å²) < 4.78 is 0. The minimum atomic E-state index is -1.59. The maximum atomic E-state index is 13.3. The lowest BCUT2D eigenvalue weighted by atomic mass is 9.71. The molecule has 2 N–H and O–H groups in total. The van der Waals surface area contributed by atoms with Gasteiger partial charge in [0.1, 0.15) is 0 Å². The van der Waals surface area contributed by atoms with Gasteiger partial charge in [-0.25, -0.2) is 0 Å². The second kappa shape index (κ2) is 11.5. The number of para-hydroxylation sites is 2. The Kier molecular flexibility index (Phi) is 8.70. The van der Waals surface area contributed by atoms with Crippen LogP contribution in [0.25, 0.3) is 0 Å². The molecule has 0 saturated carbocycles. The third-order valence-electron chi connectivity index (χ3n) is 6.23. The van der Waals surface area contributed by atoms with Crippen molar-refractivity contribution in [3.8, 4) is 0 Å². The topological polar surface area (TPSA) is 81.1 Å². The summed E-state index contributed by atoms with van der Waals surface area (Å²) in [4.78, 5) is 30.1. The zero-order valence-corrected chi connectivity index (χ0v) is 19.8. The van der Waals surface area contributed by atoms with Crippen LogP contribution < -0.4 is 4.90 Å². The predicted octanol–water partition coefficient (Wildman–Crippen LogP) is 3.70. The average Bonchev–Trinajstić information content (AvgIpc) is 2.79. The van der Waals surface area contributed by atoms with E-state index in [9.17, 15) is 19.6 Å². The molecule has 1 fully saturated rings. The molecule has 1 unspecified atom stereocenters. The van der Waals surface area contributed by atoms with Crippen LogP contribution in [-0.2, 0) is 9.59 Å². The molecule has 1 heterocycles. The van der Waals surface area contributed by atoms with Gasteiger partial charge in [0.2, 0.25) is 5.91 Å². The summed E-state index contributed by atoms with van der Waals surface area (Å²) in [5.74, 6) is -0.849. The van der Waals surface area contributed by atoms with E-state index in [1.165, 1.54) is 0 Å². The van der Waals surface area contributed by atoms with Gasteiger partial charge in [0, 0.05) is 30.3 Å². The lowest BCUT2D eigenvalue weighted by Crippen LogP contribution is -2.56. The predicted molar refractivity (Wildman–Crippen MR) is 132 cm³/mol. The van der Waals surface area contributed by atoms with Gasteiger partial charge in [0.15, 0.2) is 5.78 Å². The summed E-state index contributed by atoms with van der Waals surface area (Å²) in [6, 6.07) is 19.5. The van der Waals surface area contributed by atoms with Crippen LogP contribution in [-0.4, -0.2) is 52.8 Å². The van der Waals surface area contributed by atoms with Crippen LogP contribution >= 0.6 is 0 Å². The van der Waals surface area contributed by atoms with Crippen molar-refractivity contribution in [2.24, 2.45) is 17.8 Å². The summed E-state index contributed by atoms with van der Waals surface area (Å²) >= 11 is 0. The highest BCUT2D eigenvalue weighted by molar-refractivity contribution is 6.43. The zero-order chi connectivity index (χ0) is 24.0. The van der Waals surface area contributed by atoms with E-state index in [1.807, 2.05) is 86.3 Å². The molecule has 3 rings (SSSR count). The van der Waals surface area contributed by atoms with E-state index in [0.717, 1.165) is 11.4 Å². The first kappa shape index (κ1) is 25.0. The second-order valence-corrected chi connectivity index (χ2v) is 9.64. The fraction of sp³-hybridized carbons (Fsp3) is 0.462. The van der Waals surface area contributed by atoms with E-state index >= 15 is 0 Å². The smallest absolute Gasteiger partial charge is 0.426 e. The van der Waals surface area contributed by atoms with E-state index in [4.69, 9.17) is 0 Å². The Morgan fingerprint density at radius 2 is 1.61 bits per heavy atom. The highest BCUT2D eigenvalue weighted by atomic mass is 16.4. The second-order valence-electron chi connectivity index (χ2n) is 9.64. The first-order valence-electron chi connectivity index (χ1n) is 11.8. The van der Waals surface area contributed by atoms with E-state index in [1.54, 1.807) is 4.90 Å². The van der Waals surface area contributed by atoms with Crippen LogP contribution in [0.3, 0.4) is 0 Å². The molecular formula is C26H35BN2O4. The van der Waals surface area contributed by atoms with E-state index in [2.05, 4.69) is 0 Å². The van der Waals surface area contributed by atoms with Crippen LogP contribution in [0.15, 0.2) is 60.7 Å². The largest absolute Gasteiger partial charge is 0.475 e. The van der Waals surface area contributed by atoms with Crippen molar-refractivity contribution in [2.75, 3.05) is 18.0 Å². The number of hydrogen-bond donors (Lipinski definition) is 2. The first-order chi connectivity index (χ1) is 15.8. The fourth-order valence-corrected chi connectivity index (χ4v) is 4.75. The molecule has 0 radical (unpaired) electrons. The summed E-state index contributed by atoms with van der Waals surface area (Å²) in [7, 11) is -1.59. The van der Waals surface area contributed by atoms with E-state index in [-0.39, 0.29) is 36.5 Å². The number of carbonyl (C=O) groups is 2. The van der Waals surface area contributed by atoms with Gasteiger partial charge in [-0.3, -0.25) is 9.59 Å². The van der Waals surface area contributed by atoms with Crippen molar-refractivity contribution < 1.29 is 19.6 Å². The molecule has 3 atom stereocenters. The molecule has 33 heavy (non-hydrogen) atoms. The van der Waals surface area contributed by atoms with Gasteiger partial charge in [-0.1, -0.05) is 57.2 Å². The van der Waals surface area contributed by atoms with E-state index < -0.39 is 19.0 Å². The van der Waals surface area contributed by atoms with Crippen molar-refractivity contribution in [3.63, 3.8) is 0 Å². The number of rotatable bonds is 10. The number of anilines is 2. The Hall–Kier alpha value is -2.64. The summed E-state index contributed by atoms with van der Waals surface area (Å²) in [6.45, 7) is 6.70. The van der Waals surface area contributed by atoms with Gasteiger partial charge in [0.25, 0.3) is 0 Å². The molecule has 2 aromatic carbocycles. The van der Waals surface area contributed by atoms with Gasteiger partial charge in [-0.2, -0.15) is 0 Å². The van der Waals surface area contributed by atoms with Crippen molar-refractivity contribution in [3.05, 3.63) is 60.7 Å². The highest BCUT2D eigenvalue weighted by Gasteiger charge is 2.41. The number of benzene rings is 2. The molecule has 1 amide bonds. The van der Waals surface area contributed by atoms with Crippen molar-refractivity contribution in [2.45, 2.75) is 46.0 Å². The number of likely N-dealkylation sites (tertiary alicyclic amines) is 1. The Labute approximate surface area is 197 Å². The highest BCUT2D eigenvalue weighted by Crippen LogP contribution is 2.30. The third kappa shape index (κ3) is 6.68. The van der Waals surface area contributed by atoms with Crippen molar-refractivity contribution >= 4 is 30.2 Å². The molecule has 1 aliphatic heterocycles. The quantitative estimate of drug-likeness (QED) is 0.540. The molecular weight excluding hydrogens is 415 g/mol.